The van der Waals surface area contributed by atoms with Gasteiger partial charge in [-0.25, -0.2) is 4.98 Å². The number of ether oxygens (including phenoxy) is 3. The fourth-order valence-electron chi connectivity index (χ4n) is 1.94. The zero-order valence-electron chi connectivity index (χ0n) is 12.2. The molecule has 2 aromatic rings. The molecule has 108 valence electrons. The van der Waals surface area contributed by atoms with Gasteiger partial charge in [0.2, 0.25) is 11.7 Å². The molecule has 0 aliphatic carbocycles. The lowest BCUT2D eigenvalue weighted by molar-refractivity contribution is 0.327. The highest BCUT2D eigenvalue weighted by molar-refractivity contribution is 5.96. The summed E-state index contributed by atoms with van der Waals surface area (Å²) in [5.41, 5.74) is 6.59. The number of nitrogens with zero attached hydrogens (tertiary/aromatic N) is 3. The highest BCUT2D eigenvalue weighted by Crippen LogP contribution is 2.43. The van der Waals surface area contributed by atoms with Gasteiger partial charge in [0.15, 0.2) is 11.5 Å². The van der Waals surface area contributed by atoms with Gasteiger partial charge in [0.05, 0.1) is 26.7 Å². The van der Waals surface area contributed by atoms with Crippen LogP contribution in [0.2, 0.25) is 0 Å². The maximum Gasteiger partial charge on any atom is 0.227 e. The smallest absolute Gasteiger partial charge is 0.227 e. The van der Waals surface area contributed by atoms with Crippen LogP contribution in [-0.4, -0.2) is 45.4 Å². The van der Waals surface area contributed by atoms with E-state index in [-0.39, 0.29) is 0 Å². The predicted molar refractivity (Wildman–Crippen MR) is 77.9 cm³/mol. The minimum atomic E-state index is 0.359. The van der Waals surface area contributed by atoms with Gasteiger partial charge in [-0.1, -0.05) is 0 Å². The lowest BCUT2D eigenvalue weighted by Gasteiger charge is -2.17. The summed E-state index contributed by atoms with van der Waals surface area (Å²) in [6.45, 7) is 0. The van der Waals surface area contributed by atoms with E-state index in [1.54, 1.807) is 32.3 Å². The Labute approximate surface area is 117 Å². The van der Waals surface area contributed by atoms with Gasteiger partial charge in [-0.3, -0.25) is 0 Å². The molecular formula is C13H18N4O3. The number of aromatic nitrogens is 2. The molecule has 0 fully saturated rings. The quantitative estimate of drug-likeness (QED) is 0.902. The van der Waals surface area contributed by atoms with Crippen molar-refractivity contribution >= 4 is 22.7 Å². The van der Waals surface area contributed by atoms with Crippen LogP contribution in [0.3, 0.4) is 0 Å². The minimum absolute atomic E-state index is 0.359. The second-order valence-electron chi connectivity index (χ2n) is 4.34. The number of nitrogen functional groups attached to an aromatic ring is 1. The Hall–Kier alpha value is -2.44. The van der Waals surface area contributed by atoms with Crippen LogP contribution in [0.4, 0.5) is 11.8 Å². The minimum Gasteiger partial charge on any atom is -0.493 e. The highest BCUT2D eigenvalue weighted by atomic mass is 16.5. The van der Waals surface area contributed by atoms with E-state index in [1.165, 1.54) is 0 Å². The number of hydrogen-bond donors (Lipinski definition) is 1. The van der Waals surface area contributed by atoms with Crippen LogP contribution in [0.15, 0.2) is 6.07 Å². The summed E-state index contributed by atoms with van der Waals surface area (Å²) in [5.74, 6) is 2.33. The highest BCUT2D eigenvalue weighted by Gasteiger charge is 2.20. The molecule has 7 heteroatoms. The number of fused-ring (bicyclic) bond motifs is 1. The van der Waals surface area contributed by atoms with E-state index in [0.29, 0.717) is 39.9 Å². The molecule has 1 aromatic carbocycles. The van der Waals surface area contributed by atoms with Crippen molar-refractivity contribution < 1.29 is 14.2 Å². The molecule has 2 N–H and O–H groups in total. The van der Waals surface area contributed by atoms with E-state index in [1.807, 2.05) is 14.1 Å². The Bertz CT molecular complexity index is 643. The number of anilines is 2. The van der Waals surface area contributed by atoms with Crippen LogP contribution < -0.4 is 24.8 Å². The van der Waals surface area contributed by atoms with Crippen molar-refractivity contribution in [2.45, 2.75) is 0 Å². The van der Waals surface area contributed by atoms with Gasteiger partial charge >= 0.3 is 0 Å². The van der Waals surface area contributed by atoms with Crippen molar-refractivity contribution in [2.24, 2.45) is 0 Å². The fraction of sp³-hybridized carbons (Fsp3) is 0.385. The zero-order valence-corrected chi connectivity index (χ0v) is 12.2. The van der Waals surface area contributed by atoms with Crippen molar-refractivity contribution in [3.05, 3.63) is 6.07 Å². The molecule has 7 nitrogen and oxygen atoms in total. The molecule has 20 heavy (non-hydrogen) atoms. The number of benzene rings is 1. The standard InChI is InChI=1S/C13H18N4O3/c1-17(2)13-15-9-7(12(14)16-13)6-8(18-3)10(19-4)11(9)20-5/h6H,1-5H3,(H2,14,15,16). The molecule has 1 aromatic heterocycles. The SMILES string of the molecule is COc1cc2c(N)nc(N(C)C)nc2c(OC)c1OC. The molecule has 0 saturated heterocycles. The molecule has 0 unspecified atom stereocenters. The topological polar surface area (TPSA) is 82.7 Å². The van der Waals surface area contributed by atoms with Gasteiger partial charge in [-0.05, 0) is 6.07 Å². The third-order valence-electron chi connectivity index (χ3n) is 2.91. The maximum atomic E-state index is 6.00. The summed E-state index contributed by atoms with van der Waals surface area (Å²) < 4.78 is 16.0. The van der Waals surface area contributed by atoms with E-state index < -0.39 is 0 Å². The van der Waals surface area contributed by atoms with E-state index in [2.05, 4.69) is 9.97 Å². The molecule has 2 rings (SSSR count). The van der Waals surface area contributed by atoms with Gasteiger partial charge in [0.1, 0.15) is 11.3 Å². The van der Waals surface area contributed by atoms with Gasteiger partial charge < -0.3 is 24.8 Å². The van der Waals surface area contributed by atoms with E-state index in [4.69, 9.17) is 19.9 Å². The molecule has 0 saturated carbocycles. The Kier molecular flexibility index (Phi) is 3.69. The van der Waals surface area contributed by atoms with Crippen molar-refractivity contribution in [1.29, 1.82) is 0 Å². The summed E-state index contributed by atoms with van der Waals surface area (Å²) in [4.78, 5) is 10.5. The lowest BCUT2D eigenvalue weighted by Crippen LogP contribution is -2.14. The van der Waals surface area contributed by atoms with Crippen molar-refractivity contribution in [3.8, 4) is 17.2 Å². The maximum absolute atomic E-state index is 6.00. The second kappa shape index (κ2) is 5.28. The van der Waals surface area contributed by atoms with Crippen LogP contribution >= 0.6 is 0 Å². The van der Waals surface area contributed by atoms with E-state index >= 15 is 0 Å². The van der Waals surface area contributed by atoms with Gasteiger partial charge in [0, 0.05) is 14.1 Å². The Morgan fingerprint density at radius 1 is 1.00 bits per heavy atom. The Morgan fingerprint density at radius 3 is 2.15 bits per heavy atom. The first-order valence-corrected chi connectivity index (χ1v) is 5.97. The molecule has 0 bridgehead atoms. The molecule has 0 atom stereocenters. The van der Waals surface area contributed by atoms with Crippen LogP contribution in [0, 0.1) is 0 Å². The average Bonchev–Trinajstić information content (AvgIpc) is 2.44. The first-order valence-electron chi connectivity index (χ1n) is 5.97. The molecule has 0 aliphatic rings. The Morgan fingerprint density at radius 2 is 1.65 bits per heavy atom. The van der Waals surface area contributed by atoms with Crippen LogP contribution in [-0.2, 0) is 0 Å². The summed E-state index contributed by atoms with van der Waals surface area (Å²) >= 11 is 0. The molecule has 0 amide bonds. The normalized spacial score (nSPS) is 10.4. The van der Waals surface area contributed by atoms with Crippen molar-refractivity contribution in [1.82, 2.24) is 9.97 Å². The monoisotopic (exact) mass is 278 g/mol. The van der Waals surface area contributed by atoms with E-state index in [9.17, 15) is 0 Å². The van der Waals surface area contributed by atoms with Crippen LogP contribution in [0.25, 0.3) is 10.9 Å². The molecule has 0 radical (unpaired) electrons. The predicted octanol–water partition coefficient (Wildman–Crippen LogP) is 1.30. The lowest BCUT2D eigenvalue weighted by atomic mass is 10.2. The van der Waals surface area contributed by atoms with E-state index in [0.717, 1.165) is 0 Å². The molecule has 0 aliphatic heterocycles. The van der Waals surface area contributed by atoms with Gasteiger partial charge in [-0.2, -0.15) is 4.98 Å². The number of methoxy groups -OCH3 is 3. The van der Waals surface area contributed by atoms with Crippen molar-refractivity contribution in [3.63, 3.8) is 0 Å². The largest absolute Gasteiger partial charge is 0.493 e. The Balaban J connectivity index is 2.88. The summed E-state index contributed by atoms with van der Waals surface area (Å²) in [7, 11) is 8.32. The van der Waals surface area contributed by atoms with Gasteiger partial charge in [-0.15, -0.1) is 0 Å². The first-order chi connectivity index (χ1) is 9.53. The van der Waals surface area contributed by atoms with Crippen molar-refractivity contribution in [2.75, 3.05) is 46.1 Å². The third-order valence-corrected chi connectivity index (χ3v) is 2.91. The number of rotatable bonds is 4. The summed E-state index contributed by atoms with van der Waals surface area (Å²) in [6, 6.07) is 1.74. The van der Waals surface area contributed by atoms with Crippen LogP contribution in [0.5, 0.6) is 17.2 Å². The summed E-state index contributed by atoms with van der Waals surface area (Å²) in [6.07, 6.45) is 0. The molecule has 1 heterocycles. The molecular weight excluding hydrogens is 260 g/mol. The molecule has 0 spiro atoms. The third kappa shape index (κ3) is 2.11. The number of hydrogen-bond acceptors (Lipinski definition) is 7. The average molecular weight is 278 g/mol. The van der Waals surface area contributed by atoms with Crippen LogP contribution in [0.1, 0.15) is 0 Å². The second-order valence-corrected chi connectivity index (χ2v) is 4.34. The number of nitrogens with two attached hydrogens (primary N) is 1. The first kappa shape index (κ1) is 14.0. The fourth-order valence-corrected chi connectivity index (χ4v) is 1.94. The van der Waals surface area contributed by atoms with Gasteiger partial charge in [0.25, 0.3) is 0 Å². The summed E-state index contributed by atoms with van der Waals surface area (Å²) in [5, 5.41) is 0.658. The zero-order chi connectivity index (χ0) is 14.9.